The zero-order valence-electron chi connectivity index (χ0n) is 8.72. The van der Waals surface area contributed by atoms with E-state index in [0.29, 0.717) is 5.56 Å². The van der Waals surface area contributed by atoms with Crippen LogP contribution in [0.4, 0.5) is 0 Å². The van der Waals surface area contributed by atoms with Gasteiger partial charge in [-0.25, -0.2) is 0 Å². The quantitative estimate of drug-likeness (QED) is 0.356. The van der Waals surface area contributed by atoms with E-state index in [-0.39, 0.29) is 5.71 Å². The van der Waals surface area contributed by atoms with Gasteiger partial charge in [-0.15, -0.1) is 0 Å². The van der Waals surface area contributed by atoms with Crippen LogP contribution in [-0.4, -0.2) is 22.2 Å². The SMILES string of the molecule is O/N=C\C(O)(C1=NOOC=C1)c1ccccc1. The minimum atomic E-state index is -1.67. The largest absolute Gasteiger partial charge is 0.411 e. The first-order valence-corrected chi connectivity index (χ1v) is 4.81. The Balaban J connectivity index is 2.46. The van der Waals surface area contributed by atoms with Gasteiger partial charge in [0.2, 0.25) is 0 Å². The highest BCUT2D eigenvalue weighted by atomic mass is 17.3. The van der Waals surface area contributed by atoms with Gasteiger partial charge in [0, 0.05) is 6.08 Å². The van der Waals surface area contributed by atoms with E-state index in [4.69, 9.17) is 5.21 Å². The molecule has 2 rings (SSSR count). The van der Waals surface area contributed by atoms with E-state index >= 15 is 0 Å². The van der Waals surface area contributed by atoms with Crippen molar-refractivity contribution in [3.8, 4) is 0 Å². The summed E-state index contributed by atoms with van der Waals surface area (Å²) >= 11 is 0. The maximum atomic E-state index is 10.5. The number of aliphatic hydroxyl groups is 1. The molecule has 1 unspecified atom stereocenters. The predicted octanol–water partition coefficient (Wildman–Crippen LogP) is 1.17. The molecule has 0 aromatic heterocycles. The van der Waals surface area contributed by atoms with Gasteiger partial charge in [0.1, 0.15) is 12.0 Å². The van der Waals surface area contributed by atoms with Crippen molar-refractivity contribution in [2.45, 2.75) is 5.60 Å². The Hall–Kier alpha value is -2.34. The molecule has 0 fully saturated rings. The van der Waals surface area contributed by atoms with Gasteiger partial charge >= 0.3 is 0 Å². The van der Waals surface area contributed by atoms with Crippen LogP contribution in [0.3, 0.4) is 0 Å². The fourth-order valence-electron chi connectivity index (χ4n) is 1.47. The van der Waals surface area contributed by atoms with Crippen LogP contribution in [0.5, 0.6) is 0 Å². The van der Waals surface area contributed by atoms with Gasteiger partial charge in [0.15, 0.2) is 5.60 Å². The molecule has 1 atom stereocenters. The molecule has 17 heavy (non-hydrogen) atoms. The molecule has 0 radical (unpaired) electrons. The molecule has 0 saturated heterocycles. The first-order valence-electron chi connectivity index (χ1n) is 4.81. The third-order valence-corrected chi connectivity index (χ3v) is 2.31. The number of oxime groups is 2. The summed E-state index contributed by atoms with van der Waals surface area (Å²) in [6.07, 6.45) is 3.60. The van der Waals surface area contributed by atoms with Crippen LogP contribution in [0.15, 0.2) is 53.0 Å². The highest BCUT2D eigenvalue weighted by Crippen LogP contribution is 2.23. The van der Waals surface area contributed by atoms with Gasteiger partial charge in [-0.05, 0) is 10.7 Å². The third-order valence-electron chi connectivity index (χ3n) is 2.31. The summed E-state index contributed by atoms with van der Waals surface area (Å²) in [4.78, 5) is 8.82. The van der Waals surface area contributed by atoms with Gasteiger partial charge in [0.25, 0.3) is 0 Å². The summed E-state index contributed by atoms with van der Waals surface area (Å²) in [7, 11) is 0. The molecule has 0 bridgehead atoms. The molecule has 0 saturated carbocycles. The summed E-state index contributed by atoms with van der Waals surface area (Å²) in [6.45, 7) is 0. The second kappa shape index (κ2) is 4.67. The number of hydrogen-bond donors (Lipinski definition) is 2. The maximum Gasteiger partial charge on any atom is 0.174 e. The van der Waals surface area contributed by atoms with Gasteiger partial charge in [-0.1, -0.05) is 35.5 Å². The van der Waals surface area contributed by atoms with Crippen molar-refractivity contribution in [1.82, 2.24) is 0 Å². The zero-order chi connectivity index (χ0) is 12.1. The molecule has 6 heteroatoms. The predicted molar refractivity (Wildman–Crippen MR) is 59.4 cm³/mol. The number of benzene rings is 1. The second-order valence-corrected chi connectivity index (χ2v) is 3.33. The minimum Gasteiger partial charge on any atom is -0.411 e. The van der Waals surface area contributed by atoms with Crippen LogP contribution < -0.4 is 0 Å². The van der Waals surface area contributed by atoms with Crippen molar-refractivity contribution in [1.29, 1.82) is 0 Å². The Bertz CT molecular complexity index is 470. The molecule has 1 aliphatic rings. The molecular formula is C11H10N2O4. The standard InChI is InChI=1S/C11H10N2O4/c14-11(8-12-15,9-4-2-1-3-5-9)10-6-7-16-17-13-10/h1-8,14-15H/b12-8-. The topological polar surface area (TPSA) is 83.6 Å². The highest BCUT2D eigenvalue weighted by molar-refractivity contribution is 6.12. The number of nitrogens with zero attached hydrogens (tertiary/aromatic N) is 2. The fourth-order valence-corrected chi connectivity index (χ4v) is 1.47. The Labute approximate surface area is 97.0 Å². The fraction of sp³-hybridized carbons (Fsp3) is 0.0909. The maximum absolute atomic E-state index is 10.5. The summed E-state index contributed by atoms with van der Waals surface area (Å²) in [5, 5.41) is 25.6. The van der Waals surface area contributed by atoms with E-state index in [1.165, 1.54) is 12.3 Å². The minimum absolute atomic E-state index is 0.146. The lowest BCUT2D eigenvalue weighted by atomic mass is 9.90. The lowest BCUT2D eigenvalue weighted by Crippen LogP contribution is -2.37. The van der Waals surface area contributed by atoms with Crippen LogP contribution in [0.25, 0.3) is 0 Å². The average Bonchev–Trinajstić information content (AvgIpc) is 2.41. The molecule has 2 N–H and O–H groups in total. The monoisotopic (exact) mass is 234 g/mol. The number of hydrogen-bond acceptors (Lipinski definition) is 6. The Morgan fingerprint density at radius 3 is 2.65 bits per heavy atom. The van der Waals surface area contributed by atoms with Crippen LogP contribution >= 0.6 is 0 Å². The Morgan fingerprint density at radius 1 is 1.29 bits per heavy atom. The normalized spacial score (nSPS) is 18.1. The van der Waals surface area contributed by atoms with Crippen molar-refractivity contribution in [3.05, 3.63) is 48.2 Å². The van der Waals surface area contributed by atoms with Crippen LogP contribution in [0.2, 0.25) is 0 Å². The first-order chi connectivity index (χ1) is 8.27. The lowest BCUT2D eigenvalue weighted by Gasteiger charge is -2.23. The first kappa shape index (κ1) is 11.2. The highest BCUT2D eigenvalue weighted by Gasteiger charge is 2.34. The molecule has 0 aliphatic carbocycles. The van der Waals surface area contributed by atoms with Gasteiger partial charge in [-0.3, -0.25) is 4.89 Å². The van der Waals surface area contributed by atoms with E-state index < -0.39 is 5.60 Å². The van der Waals surface area contributed by atoms with Crippen molar-refractivity contribution in [2.24, 2.45) is 10.3 Å². The molecule has 1 aliphatic heterocycles. The van der Waals surface area contributed by atoms with E-state index in [9.17, 15) is 5.11 Å². The number of rotatable bonds is 3. The average molecular weight is 234 g/mol. The van der Waals surface area contributed by atoms with Crippen molar-refractivity contribution in [3.63, 3.8) is 0 Å². The molecule has 6 nitrogen and oxygen atoms in total. The lowest BCUT2D eigenvalue weighted by molar-refractivity contribution is -0.252. The van der Waals surface area contributed by atoms with Crippen molar-refractivity contribution in [2.75, 3.05) is 0 Å². The molecule has 0 spiro atoms. The van der Waals surface area contributed by atoms with E-state index in [0.717, 1.165) is 6.21 Å². The Kier molecular flexibility index (Phi) is 3.06. The molecule has 1 aromatic rings. The molecule has 1 aromatic carbocycles. The van der Waals surface area contributed by atoms with Crippen LogP contribution in [0.1, 0.15) is 5.56 Å². The molecule has 88 valence electrons. The summed E-state index contributed by atoms with van der Waals surface area (Å²) in [5.41, 5.74) is -1.03. The van der Waals surface area contributed by atoms with Gasteiger partial charge in [-0.2, -0.15) is 4.99 Å². The van der Waals surface area contributed by atoms with Crippen LogP contribution in [0, 0.1) is 0 Å². The summed E-state index contributed by atoms with van der Waals surface area (Å²) in [6, 6.07) is 8.64. The molecular weight excluding hydrogens is 224 g/mol. The van der Waals surface area contributed by atoms with Crippen molar-refractivity contribution >= 4 is 11.9 Å². The van der Waals surface area contributed by atoms with Crippen LogP contribution in [-0.2, 0) is 15.5 Å². The molecule has 1 heterocycles. The zero-order valence-corrected chi connectivity index (χ0v) is 8.72. The molecule has 0 amide bonds. The van der Waals surface area contributed by atoms with Crippen molar-refractivity contribution < 1.29 is 20.2 Å². The van der Waals surface area contributed by atoms with Gasteiger partial charge < -0.3 is 10.3 Å². The van der Waals surface area contributed by atoms with Gasteiger partial charge in [0.05, 0.1) is 6.21 Å². The summed E-state index contributed by atoms with van der Waals surface area (Å²) in [5.74, 6) is 0. The van der Waals surface area contributed by atoms with E-state index in [1.807, 2.05) is 0 Å². The smallest absolute Gasteiger partial charge is 0.174 e. The third kappa shape index (κ3) is 2.11. The summed E-state index contributed by atoms with van der Waals surface area (Å²) < 4.78 is 0. The second-order valence-electron chi connectivity index (χ2n) is 3.33. The van der Waals surface area contributed by atoms with E-state index in [1.54, 1.807) is 30.3 Å². The Morgan fingerprint density at radius 2 is 2.06 bits per heavy atom. The van der Waals surface area contributed by atoms with E-state index in [2.05, 4.69) is 20.2 Å².